The van der Waals surface area contributed by atoms with Gasteiger partial charge < -0.3 is 14.8 Å². The van der Waals surface area contributed by atoms with Crippen molar-refractivity contribution in [1.82, 2.24) is 10.6 Å². The van der Waals surface area contributed by atoms with Crippen molar-refractivity contribution in [2.75, 3.05) is 6.61 Å². The quantitative estimate of drug-likeness (QED) is 0.742. The lowest BCUT2D eigenvalue weighted by Gasteiger charge is -2.14. The van der Waals surface area contributed by atoms with Crippen molar-refractivity contribution in [2.24, 2.45) is 0 Å². The molecule has 7 heteroatoms. The molecule has 132 valence electrons. The van der Waals surface area contributed by atoms with Gasteiger partial charge in [-0.2, -0.15) is 0 Å². The third-order valence-corrected chi connectivity index (χ3v) is 2.90. The zero-order valence-electron chi connectivity index (χ0n) is 14.4. The van der Waals surface area contributed by atoms with Gasteiger partial charge in [0.15, 0.2) is 6.10 Å². The van der Waals surface area contributed by atoms with Crippen molar-refractivity contribution >= 4 is 17.9 Å². The molecule has 0 spiro atoms. The lowest BCUT2D eigenvalue weighted by molar-refractivity contribution is -0.154. The lowest BCUT2D eigenvalue weighted by Crippen LogP contribution is -2.46. The number of hydrogen-bond acceptors (Lipinski definition) is 5. The number of ether oxygens (including phenoxy) is 2. The Hall–Kier alpha value is -2.57. The van der Waals surface area contributed by atoms with Crippen LogP contribution >= 0.6 is 0 Å². The Morgan fingerprint density at radius 3 is 2.50 bits per heavy atom. The predicted octanol–water partition coefficient (Wildman–Crippen LogP) is 1.93. The first kappa shape index (κ1) is 19.5. The van der Waals surface area contributed by atoms with Crippen molar-refractivity contribution < 1.29 is 23.9 Å². The molecule has 0 unspecified atom stereocenters. The molecule has 24 heavy (non-hydrogen) atoms. The Morgan fingerprint density at radius 1 is 1.17 bits per heavy atom. The molecule has 7 nitrogen and oxygen atoms in total. The molecule has 1 aromatic rings. The molecule has 0 saturated heterocycles. The van der Waals surface area contributed by atoms with E-state index in [1.54, 1.807) is 19.9 Å². The fourth-order valence-corrected chi connectivity index (χ4v) is 1.78. The SMILES string of the molecule is Cc1cccc(OCCC(=O)O[C@H](C)C(=O)NC(=O)NC(C)C)c1. The monoisotopic (exact) mass is 336 g/mol. The van der Waals surface area contributed by atoms with E-state index in [0.29, 0.717) is 5.75 Å². The number of rotatable bonds is 7. The summed E-state index contributed by atoms with van der Waals surface area (Å²) in [5.41, 5.74) is 1.06. The van der Waals surface area contributed by atoms with E-state index in [1.807, 2.05) is 25.1 Å². The molecule has 0 saturated carbocycles. The average molecular weight is 336 g/mol. The minimum Gasteiger partial charge on any atom is -0.493 e. The number of carbonyl (C=O) groups excluding carboxylic acids is 3. The summed E-state index contributed by atoms with van der Waals surface area (Å²) in [6, 6.07) is 6.72. The van der Waals surface area contributed by atoms with E-state index in [0.717, 1.165) is 5.56 Å². The number of imide groups is 1. The van der Waals surface area contributed by atoms with Crippen LogP contribution in [0.15, 0.2) is 24.3 Å². The van der Waals surface area contributed by atoms with E-state index in [4.69, 9.17) is 9.47 Å². The van der Waals surface area contributed by atoms with Gasteiger partial charge in [-0.15, -0.1) is 0 Å². The van der Waals surface area contributed by atoms with Crippen molar-refractivity contribution in [1.29, 1.82) is 0 Å². The second kappa shape index (κ2) is 9.54. The van der Waals surface area contributed by atoms with E-state index < -0.39 is 24.0 Å². The van der Waals surface area contributed by atoms with Crippen LogP contribution in [-0.4, -0.2) is 36.7 Å². The molecule has 3 amide bonds. The third-order valence-electron chi connectivity index (χ3n) is 2.90. The van der Waals surface area contributed by atoms with E-state index in [-0.39, 0.29) is 19.1 Å². The van der Waals surface area contributed by atoms with Crippen LogP contribution in [-0.2, 0) is 14.3 Å². The summed E-state index contributed by atoms with van der Waals surface area (Å²) < 4.78 is 10.4. The minimum atomic E-state index is -1.06. The Bertz CT molecular complexity index is 586. The molecule has 0 fully saturated rings. The van der Waals surface area contributed by atoms with Gasteiger partial charge in [0, 0.05) is 6.04 Å². The van der Waals surface area contributed by atoms with Gasteiger partial charge in [-0.1, -0.05) is 12.1 Å². The number of esters is 1. The normalized spacial score (nSPS) is 11.5. The number of amides is 3. The molecule has 0 aliphatic heterocycles. The zero-order valence-corrected chi connectivity index (χ0v) is 14.4. The van der Waals surface area contributed by atoms with Gasteiger partial charge in [0.05, 0.1) is 13.0 Å². The smallest absolute Gasteiger partial charge is 0.321 e. The number of aryl methyl sites for hydroxylation is 1. The molecule has 0 aliphatic rings. The number of benzene rings is 1. The van der Waals surface area contributed by atoms with Crippen LogP contribution in [0, 0.1) is 6.92 Å². The van der Waals surface area contributed by atoms with Crippen LogP contribution in [0.3, 0.4) is 0 Å². The highest BCUT2D eigenvalue weighted by molar-refractivity contribution is 5.97. The maximum Gasteiger partial charge on any atom is 0.321 e. The summed E-state index contributed by atoms with van der Waals surface area (Å²) in [6.07, 6.45) is -1.06. The van der Waals surface area contributed by atoms with Gasteiger partial charge in [0.2, 0.25) is 0 Å². The van der Waals surface area contributed by atoms with Crippen molar-refractivity contribution in [3.63, 3.8) is 0 Å². The summed E-state index contributed by atoms with van der Waals surface area (Å²) in [7, 11) is 0. The molecule has 0 bridgehead atoms. The first-order valence-electron chi connectivity index (χ1n) is 7.78. The van der Waals surface area contributed by atoms with Gasteiger partial charge in [-0.25, -0.2) is 4.79 Å². The highest BCUT2D eigenvalue weighted by atomic mass is 16.5. The van der Waals surface area contributed by atoms with E-state index in [9.17, 15) is 14.4 Å². The molecule has 1 atom stereocenters. The van der Waals surface area contributed by atoms with Gasteiger partial charge in [0.25, 0.3) is 5.91 Å². The molecule has 1 rings (SSSR count). The van der Waals surface area contributed by atoms with Crippen molar-refractivity contribution in [3.8, 4) is 5.75 Å². The highest BCUT2D eigenvalue weighted by Crippen LogP contribution is 2.12. The molecular formula is C17H24N2O5. The van der Waals surface area contributed by atoms with E-state index in [1.165, 1.54) is 6.92 Å². The van der Waals surface area contributed by atoms with Crippen molar-refractivity contribution in [3.05, 3.63) is 29.8 Å². The summed E-state index contributed by atoms with van der Waals surface area (Å²) in [6.45, 7) is 7.02. The summed E-state index contributed by atoms with van der Waals surface area (Å²) in [5, 5.41) is 4.61. The van der Waals surface area contributed by atoms with Crippen LogP contribution in [0.25, 0.3) is 0 Å². The zero-order chi connectivity index (χ0) is 18.1. The number of carbonyl (C=O) groups is 3. The maximum atomic E-state index is 11.7. The predicted molar refractivity (Wildman–Crippen MR) is 88.7 cm³/mol. The Kier molecular flexibility index (Phi) is 7.74. The summed E-state index contributed by atoms with van der Waals surface area (Å²) >= 11 is 0. The lowest BCUT2D eigenvalue weighted by atomic mass is 10.2. The largest absolute Gasteiger partial charge is 0.493 e. The molecule has 0 aliphatic carbocycles. The average Bonchev–Trinajstić information content (AvgIpc) is 2.46. The number of hydrogen-bond donors (Lipinski definition) is 2. The van der Waals surface area contributed by atoms with Crippen LogP contribution in [0.4, 0.5) is 4.79 Å². The fraction of sp³-hybridized carbons (Fsp3) is 0.471. The maximum absolute atomic E-state index is 11.7. The minimum absolute atomic E-state index is 0.00372. The Morgan fingerprint density at radius 2 is 1.88 bits per heavy atom. The second-order valence-corrected chi connectivity index (χ2v) is 5.66. The highest BCUT2D eigenvalue weighted by Gasteiger charge is 2.20. The standard InChI is InChI=1S/C17H24N2O5/c1-11(2)18-17(22)19-16(21)13(4)24-15(20)8-9-23-14-7-5-6-12(3)10-14/h5-7,10-11,13H,8-9H2,1-4H3,(H2,18,19,21,22)/t13-/m1/s1. The first-order chi connectivity index (χ1) is 11.3. The first-order valence-corrected chi connectivity index (χ1v) is 7.78. The third kappa shape index (κ3) is 7.62. The topological polar surface area (TPSA) is 93.7 Å². The summed E-state index contributed by atoms with van der Waals surface area (Å²) in [5.74, 6) is -0.588. The number of urea groups is 1. The molecule has 1 aromatic carbocycles. The van der Waals surface area contributed by atoms with Crippen LogP contribution in [0.2, 0.25) is 0 Å². The molecule has 2 N–H and O–H groups in total. The molecule has 0 aromatic heterocycles. The fourth-order valence-electron chi connectivity index (χ4n) is 1.78. The number of nitrogens with one attached hydrogen (secondary N) is 2. The molecule has 0 radical (unpaired) electrons. The summed E-state index contributed by atoms with van der Waals surface area (Å²) in [4.78, 5) is 34.8. The van der Waals surface area contributed by atoms with Crippen LogP contribution < -0.4 is 15.4 Å². The second-order valence-electron chi connectivity index (χ2n) is 5.66. The van der Waals surface area contributed by atoms with Crippen LogP contribution in [0.1, 0.15) is 32.8 Å². The Balaban J connectivity index is 2.30. The van der Waals surface area contributed by atoms with Gasteiger partial charge in [0.1, 0.15) is 5.75 Å². The van der Waals surface area contributed by atoms with E-state index in [2.05, 4.69) is 10.6 Å². The Labute approximate surface area is 141 Å². The van der Waals surface area contributed by atoms with Gasteiger partial charge >= 0.3 is 12.0 Å². The van der Waals surface area contributed by atoms with E-state index >= 15 is 0 Å². The molecule has 0 heterocycles. The van der Waals surface area contributed by atoms with Crippen LogP contribution in [0.5, 0.6) is 5.75 Å². The van der Waals surface area contributed by atoms with Gasteiger partial charge in [-0.3, -0.25) is 14.9 Å². The molecular weight excluding hydrogens is 312 g/mol. The van der Waals surface area contributed by atoms with Gasteiger partial charge in [-0.05, 0) is 45.4 Å². The van der Waals surface area contributed by atoms with Crippen molar-refractivity contribution in [2.45, 2.75) is 46.3 Å².